The summed E-state index contributed by atoms with van der Waals surface area (Å²) in [6.07, 6.45) is 9.91. The number of nitrogens with zero attached hydrogens (tertiary/aromatic N) is 2. The first-order chi connectivity index (χ1) is 15.7. The van der Waals surface area contributed by atoms with Crippen LogP contribution in [0.5, 0.6) is 0 Å². The van der Waals surface area contributed by atoms with E-state index in [0.29, 0.717) is 0 Å². The molecule has 0 amide bonds. The van der Waals surface area contributed by atoms with Gasteiger partial charge in [0, 0.05) is 22.8 Å². The minimum Gasteiger partial charge on any atom is -0.493 e. The summed E-state index contributed by atoms with van der Waals surface area (Å²) in [6, 6.07) is 17.2. The maximum absolute atomic E-state index is 11.2. The molecular formula is C30H42N2Ni. The van der Waals surface area contributed by atoms with Gasteiger partial charge in [0.1, 0.15) is 0 Å². The maximum atomic E-state index is 11.2. The van der Waals surface area contributed by atoms with E-state index < -0.39 is 0 Å². The quantitative estimate of drug-likeness (QED) is 0.191. The molecule has 0 fully saturated rings. The zero-order valence-corrected chi connectivity index (χ0v) is 22.3. The largest absolute Gasteiger partial charge is 2.00 e. The number of hydrogen-bond acceptors (Lipinski definition) is 0. The van der Waals surface area contributed by atoms with Crippen LogP contribution in [-0.4, -0.2) is 4.70 Å². The van der Waals surface area contributed by atoms with Crippen molar-refractivity contribution in [2.75, 3.05) is 0 Å². The molecule has 0 N–H and O–H groups in total. The Kier molecular flexibility index (Phi) is 16.4. The van der Waals surface area contributed by atoms with Crippen molar-refractivity contribution in [1.29, 1.82) is 0 Å². The number of aryl methyl sites for hydroxylation is 2. The van der Waals surface area contributed by atoms with Gasteiger partial charge < -0.3 is 19.4 Å². The fourth-order valence-electron chi connectivity index (χ4n) is 3.83. The van der Waals surface area contributed by atoms with Crippen molar-refractivity contribution >= 4 is 11.4 Å². The minimum atomic E-state index is 0. The molecule has 1 heterocycles. The van der Waals surface area contributed by atoms with Gasteiger partial charge >= 0.3 is 16.5 Å². The summed E-state index contributed by atoms with van der Waals surface area (Å²) in [5.74, 6) is 0. The SMILES string of the molecule is CCCCC1=C(c2cccc(CCCC)c2)[N+](=[N-])C(c2cccc(CC)c2)=C1.[CH2-]C.[CH2-]C.[Ni+2]. The standard InChI is InChI=1S/C26H32N2.2C2H5.Ni/c1-4-7-11-21-13-10-16-23(18-21)26-24(14-8-5-2)19-25(28(26)27)22-15-9-12-20(6-3)17-22;2*1-2;/h9-10,12-13,15-19H,4-8,11,14H2,1-3H3;2*1H2,2H3;/q;2*-1;+2. The van der Waals surface area contributed by atoms with Crippen LogP contribution in [0.3, 0.4) is 0 Å². The Balaban J connectivity index is 0.00000194. The van der Waals surface area contributed by atoms with E-state index in [2.05, 4.69) is 89.2 Å². The Labute approximate surface area is 213 Å². The summed E-state index contributed by atoms with van der Waals surface area (Å²) in [7, 11) is 0. The molecule has 33 heavy (non-hydrogen) atoms. The monoisotopic (exact) mass is 488 g/mol. The molecule has 1 aliphatic heterocycles. The van der Waals surface area contributed by atoms with E-state index in [1.807, 2.05) is 0 Å². The van der Waals surface area contributed by atoms with Crippen LogP contribution in [0, 0.1) is 13.8 Å². The molecule has 0 aliphatic carbocycles. The predicted molar refractivity (Wildman–Crippen MR) is 141 cm³/mol. The second-order valence-electron chi connectivity index (χ2n) is 7.68. The van der Waals surface area contributed by atoms with Crippen LogP contribution in [0.1, 0.15) is 89.0 Å². The molecule has 0 aromatic heterocycles. The molecule has 2 nitrogen and oxygen atoms in total. The molecular weight excluding hydrogens is 447 g/mol. The zero-order chi connectivity index (χ0) is 23.9. The third-order valence-electron chi connectivity index (χ3n) is 5.51. The second kappa shape index (κ2) is 17.5. The van der Waals surface area contributed by atoms with Gasteiger partial charge in [0.05, 0.1) is 0 Å². The Bertz CT molecular complexity index is 909. The molecule has 0 spiro atoms. The third kappa shape index (κ3) is 8.71. The van der Waals surface area contributed by atoms with E-state index in [4.69, 9.17) is 0 Å². The number of rotatable bonds is 9. The molecule has 182 valence electrons. The first-order valence-electron chi connectivity index (χ1n) is 12.2. The number of allylic oxidation sites excluding steroid dienone is 2. The van der Waals surface area contributed by atoms with Crippen molar-refractivity contribution in [2.45, 2.75) is 79.6 Å². The Morgan fingerprint density at radius 2 is 1.30 bits per heavy atom. The first-order valence-corrected chi connectivity index (χ1v) is 12.2. The summed E-state index contributed by atoms with van der Waals surface area (Å²) in [5.41, 5.74) is 19.0. The van der Waals surface area contributed by atoms with E-state index in [0.717, 1.165) is 54.6 Å². The van der Waals surface area contributed by atoms with Crippen LogP contribution in [0.15, 0.2) is 60.2 Å². The molecule has 1 aliphatic rings. The topological polar surface area (TPSA) is 25.3 Å². The van der Waals surface area contributed by atoms with Gasteiger partial charge in [-0.25, -0.2) is 4.70 Å². The average molecular weight is 489 g/mol. The summed E-state index contributed by atoms with van der Waals surface area (Å²) in [4.78, 5) is 0. The van der Waals surface area contributed by atoms with Crippen LogP contribution < -0.4 is 0 Å². The number of benzene rings is 2. The zero-order valence-electron chi connectivity index (χ0n) is 21.3. The van der Waals surface area contributed by atoms with Crippen molar-refractivity contribution in [1.82, 2.24) is 0 Å². The fourth-order valence-corrected chi connectivity index (χ4v) is 3.83. The molecule has 0 unspecified atom stereocenters. The minimum absolute atomic E-state index is 0. The van der Waals surface area contributed by atoms with Crippen LogP contribution in [-0.2, 0) is 29.3 Å². The van der Waals surface area contributed by atoms with Gasteiger partial charge in [0.2, 0.25) is 11.4 Å². The second-order valence-corrected chi connectivity index (χ2v) is 7.68. The van der Waals surface area contributed by atoms with E-state index in [-0.39, 0.29) is 16.5 Å². The van der Waals surface area contributed by atoms with Gasteiger partial charge in [-0.1, -0.05) is 57.9 Å². The molecule has 2 aromatic rings. The summed E-state index contributed by atoms with van der Waals surface area (Å²) < 4.78 is 1.42. The van der Waals surface area contributed by atoms with Crippen LogP contribution in [0.4, 0.5) is 0 Å². The van der Waals surface area contributed by atoms with E-state index in [1.54, 1.807) is 13.8 Å². The van der Waals surface area contributed by atoms with E-state index in [9.17, 15) is 5.53 Å². The normalized spacial score (nSPS) is 12.2. The van der Waals surface area contributed by atoms with Gasteiger partial charge in [-0.15, -0.1) is 0 Å². The molecule has 3 heteroatoms. The Morgan fingerprint density at radius 1 is 0.758 bits per heavy atom. The van der Waals surface area contributed by atoms with Gasteiger partial charge in [0.25, 0.3) is 0 Å². The van der Waals surface area contributed by atoms with Crippen LogP contribution in [0.2, 0.25) is 0 Å². The van der Waals surface area contributed by atoms with Crippen molar-refractivity contribution < 1.29 is 21.2 Å². The average Bonchev–Trinajstić information content (AvgIpc) is 3.20. The van der Waals surface area contributed by atoms with Gasteiger partial charge in [-0.05, 0) is 67.5 Å². The fraction of sp³-hybridized carbons (Fsp3) is 0.400. The summed E-state index contributed by atoms with van der Waals surface area (Å²) >= 11 is 0. The smallest absolute Gasteiger partial charge is 0.493 e. The van der Waals surface area contributed by atoms with Crippen molar-refractivity contribution in [3.8, 4) is 0 Å². The first kappa shape index (κ1) is 31.0. The van der Waals surface area contributed by atoms with Gasteiger partial charge in [-0.3, -0.25) is 0 Å². The van der Waals surface area contributed by atoms with Crippen molar-refractivity contribution in [3.63, 3.8) is 0 Å². The van der Waals surface area contributed by atoms with Gasteiger partial charge in [0.15, 0.2) is 0 Å². The summed E-state index contributed by atoms with van der Waals surface area (Å²) in [6.45, 7) is 16.6. The molecule has 0 atom stereocenters. The Morgan fingerprint density at radius 3 is 1.91 bits per heavy atom. The number of unbranched alkanes of at least 4 members (excludes halogenated alkanes) is 2. The number of hydrogen-bond donors (Lipinski definition) is 0. The molecule has 0 saturated heterocycles. The van der Waals surface area contributed by atoms with Crippen LogP contribution in [0.25, 0.3) is 16.9 Å². The van der Waals surface area contributed by atoms with Crippen molar-refractivity contribution in [3.05, 3.63) is 102 Å². The molecule has 0 radical (unpaired) electrons. The molecule has 2 aromatic carbocycles. The molecule has 0 bridgehead atoms. The van der Waals surface area contributed by atoms with Gasteiger partial charge in [-0.2, -0.15) is 13.8 Å². The van der Waals surface area contributed by atoms with E-state index in [1.165, 1.54) is 34.2 Å². The summed E-state index contributed by atoms with van der Waals surface area (Å²) in [5, 5.41) is 0. The Hall–Kier alpha value is -1.99. The molecule has 3 rings (SSSR count). The van der Waals surface area contributed by atoms with Crippen LogP contribution >= 0.6 is 0 Å². The van der Waals surface area contributed by atoms with Crippen molar-refractivity contribution in [2.24, 2.45) is 0 Å². The van der Waals surface area contributed by atoms with E-state index >= 15 is 0 Å². The maximum Gasteiger partial charge on any atom is 2.00 e. The molecule has 0 saturated carbocycles. The third-order valence-corrected chi connectivity index (χ3v) is 5.51. The predicted octanol–water partition coefficient (Wildman–Crippen LogP) is 9.26.